The number of benzene rings is 1. The van der Waals surface area contributed by atoms with E-state index in [-0.39, 0.29) is 5.41 Å². The van der Waals surface area contributed by atoms with Crippen LogP contribution >= 0.6 is 0 Å². The van der Waals surface area contributed by atoms with Crippen LogP contribution in [0.2, 0.25) is 0 Å². The van der Waals surface area contributed by atoms with Crippen molar-refractivity contribution in [2.24, 2.45) is 11.1 Å². The lowest BCUT2D eigenvalue weighted by Gasteiger charge is -2.37. The largest absolute Gasteiger partial charge is 0.387 e. The molecule has 4 heteroatoms. The normalized spacial score (nSPS) is 17.2. The first-order chi connectivity index (χ1) is 9.49. The lowest BCUT2D eigenvalue weighted by Crippen LogP contribution is -2.47. The average molecular weight is 274 g/mol. The highest BCUT2D eigenvalue weighted by atomic mass is 15.3. The van der Waals surface area contributed by atoms with Crippen LogP contribution in [0.25, 0.3) is 0 Å². The van der Waals surface area contributed by atoms with Gasteiger partial charge in [-0.3, -0.25) is 10.3 Å². The fourth-order valence-corrected chi connectivity index (χ4v) is 2.44. The molecule has 1 fully saturated rings. The number of piperazine rings is 1. The molecule has 1 heterocycles. The van der Waals surface area contributed by atoms with Gasteiger partial charge in [0.15, 0.2) is 0 Å². The number of nitrogens with one attached hydrogen (secondary N) is 1. The topological polar surface area (TPSA) is 56.4 Å². The number of nitrogens with two attached hydrogens (primary N) is 1. The lowest BCUT2D eigenvalue weighted by atomic mass is 9.88. The summed E-state index contributed by atoms with van der Waals surface area (Å²) >= 11 is 0. The first-order valence-electron chi connectivity index (χ1n) is 7.36. The monoisotopic (exact) mass is 274 g/mol. The summed E-state index contributed by atoms with van der Waals surface area (Å²) in [6, 6.07) is 10.6. The van der Waals surface area contributed by atoms with Gasteiger partial charge in [-0.15, -0.1) is 0 Å². The van der Waals surface area contributed by atoms with Gasteiger partial charge in [-0.1, -0.05) is 32.0 Å². The van der Waals surface area contributed by atoms with Crippen LogP contribution in [0.15, 0.2) is 30.3 Å². The van der Waals surface area contributed by atoms with Gasteiger partial charge in [-0.25, -0.2) is 0 Å². The molecule has 0 aliphatic carbocycles. The van der Waals surface area contributed by atoms with Gasteiger partial charge in [0, 0.05) is 37.3 Å². The van der Waals surface area contributed by atoms with Gasteiger partial charge in [0.25, 0.3) is 0 Å². The van der Waals surface area contributed by atoms with E-state index in [0.29, 0.717) is 5.84 Å². The minimum absolute atomic E-state index is 0.184. The lowest BCUT2D eigenvalue weighted by molar-refractivity contribution is 0.232. The van der Waals surface area contributed by atoms with Crippen molar-refractivity contribution in [1.82, 2.24) is 4.90 Å². The van der Waals surface area contributed by atoms with Gasteiger partial charge in [0.05, 0.1) is 5.84 Å². The Morgan fingerprint density at radius 1 is 1.15 bits per heavy atom. The molecule has 1 aromatic rings. The van der Waals surface area contributed by atoms with Crippen LogP contribution in [0.5, 0.6) is 0 Å². The van der Waals surface area contributed by atoms with E-state index >= 15 is 0 Å². The number of rotatable bonds is 5. The number of amidine groups is 1. The molecule has 0 saturated carbocycles. The molecule has 0 aromatic heterocycles. The van der Waals surface area contributed by atoms with Crippen LogP contribution in [-0.2, 0) is 0 Å². The standard InChI is InChI=1S/C16H26N4/c1-16(2,15(17)18)8-9-19-10-12-20(13-11-19)14-6-4-3-5-7-14/h3-7H,8-13H2,1-2H3,(H3,17,18). The van der Waals surface area contributed by atoms with E-state index in [4.69, 9.17) is 11.1 Å². The molecule has 3 N–H and O–H groups in total. The number of anilines is 1. The summed E-state index contributed by atoms with van der Waals surface area (Å²) in [5.74, 6) is 0.292. The highest BCUT2D eigenvalue weighted by molar-refractivity contribution is 5.82. The zero-order valence-electron chi connectivity index (χ0n) is 12.6. The average Bonchev–Trinajstić information content (AvgIpc) is 2.46. The van der Waals surface area contributed by atoms with E-state index in [2.05, 4.69) is 54.0 Å². The molecule has 1 aliphatic rings. The van der Waals surface area contributed by atoms with Crippen LogP contribution in [-0.4, -0.2) is 43.5 Å². The highest BCUT2D eigenvalue weighted by Crippen LogP contribution is 2.21. The summed E-state index contributed by atoms with van der Waals surface area (Å²) in [6.45, 7) is 9.45. The zero-order valence-corrected chi connectivity index (χ0v) is 12.6. The van der Waals surface area contributed by atoms with E-state index in [9.17, 15) is 0 Å². The van der Waals surface area contributed by atoms with E-state index in [1.54, 1.807) is 0 Å². The molecule has 0 atom stereocenters. The van der Waals surface area contributed by atoms with Crippen LogP contribution in [0.1, 0.15) is 20.3 Å². The second kappa shape index (κ2) is 6.27. The molecule has 1 aromatic carbocycles. The quantitative estimate of drug-likeness (QED) is 0.639. The maximum atomic E-state index is 7.61. The molecule has 0 bridgehead atoms. The number of para-hydroxylation sites is 1. The Kier molecular flexibility index (Phi) is 4.65. The maximum Gasteiger partial charge on any atom is 0.0963 e. The Balaban J connectivity index is 1.79. The maximum absolute atomic E-state index is 7.61. The van der Waals surface area contributed by atoms with Crippen LogP contribution in [0.4, 0.5) is 5.69 Å². The van der Waals surface area contributed by atoms with Crippen LogP contribution in [0, 0.1) is 10.8 Å². The predicted molar refractivity (Wildman–Crippen MR) is 85.4 cm³/mol. The van der Waals surface area contributed by atoms with Crippen LogP contribution in [0.3, 0.4) is 0 Å². The van der Waals surface area contributed by atoms with Crippen molar-refractivity contribution < 1.29 is 0 Å². The van der Waals surface area contributed by atoms with Crippen molar-refractivity contribution in [3.05, 3.63) is 30.3 Å². The molecule has 110 valence electrons. The molecule has 0 radical (unpaired) electrons. The van der Waals surface area contributed by atoms with Crippen molar-refractivity contribution in [3.8, 4) is 0 Å². The van der Waals surface area contributed by atoms with Crippen molar-refractivity contribution >= 4 is 11.5 Å². The van der Waals surface area contributed by atoms with Crippen molar-refractivity contribution in [1.29, 1.82) is 5.41 Å². The summed E-state index contributed by atoms with van der Waals surface area (Å²) in [7, 11) is 0. The number of hydrogen-bond donors (Lipinski definition) is 2. The third-order valence-corrected chi connectivity index (χ3v) is 4.28. The van der Waals surface area contributed by atoms with E-state index in [1.807, 2.05) is 0 Å². The van der Waals surface area contributed by atoms with Gasteiger partial charge in [0.1, 0.15) is 0 Å². The molecular formula is C16H26N4. The SMILES string of the molecule is CC(C)(CCN1CCN(c2ccccc2)CC1)C(=N)N. The predicted octanol–water partition coefficient (Wildman–Crippen LogP) is 2.16. The fraction of sp³-hybridized carbons (Fsp3) is 0.562. The summed E-state index contributed by atoms with van der Waals surface area (Å²) in [5.41, 5.74) is 6.77. The Morgan fingerprint density at radius 3 is 2.30 bits per heavy atom. The van der Waals surface area contributed by atoms with Crippen molar-refractivity contribution in [2.45, 2.75) is 20.3 Å². The first-order valence-corrected chi connectivity index (χ1v) is 7.36. The molecule has 0 spiro atoms. The molecule has 20 heavy (non-hydrogen) atoms. The molecular weight excluding hydrogens is 248 g/mol. The third kappa shape index (κ3) is 3.73. The number of nitrogens with zero attached hydrogens (tertiary/aromatic N) is 2. The highest BCUT2D eigenvalue weighted by Gasteiger charge is 2.24. The van der Waals surface area contributed by atoms with Gasteiger partial charge < -0.3 is 10.6 Å². The molecule has 1 saturated heterocycles. The van der Waals surface area contributed by atoms with Gasteiger partial charge >= 0.3 is 0 Å². The second-order valence-electron chi connectivity index (χ2n) is 6.21. The van der Waals surface area contributed by atoms with E-state index in [1.165, 1.54) is 5.69 Å². The molecule has 2 rings (SSSR count). The Hall–Kier alpha value is -1.55. The van der Waals surface area contributed by atoms with Gasteiger partial charge in [0.2, 0.25) is 0 Å². The second-order valence-corrected chi connectivity index (χ2v) is 6.21. The summed E-state index contributed by atoms with van der Waals surface area (Å²) in [5, 5.41) is 7.61. The smallest absolute Gasteiger partial charge is 0.0963 e. The Bertz CT molecular complexity index is 433. The molecule has 4 nitrogen and oxygen atoms in total. The molecule has 0 unspecified atom stereocenters. The molecule has 1 aliphatic heterocycles. The minimum atomic E-state index is -0.184. The summed E-state index contributed by atoms with van der Waals surface area (Å²) in [4.78, 5) is 4.91. The van der Waals surface area contributed by atoms with Crippen molar-refractivity contribution in [2.75, 3.05) is 37.6 Å². The summed E-state index contributed by atoms with van der Waals surface area (Å²) < 4.78 is 0. The Labute approximate surface area is 122 Å². The zero-order chi connectivity index (χ0) is 14.6. The Morgan fingerprint density at radius 2 is 1.75 bits per heavy atom. The first kappa shape index (κ1) is 14.9. The van der Waals surface area contributed by atoms with Crippen LogP contribution < -0.4 is 10.6 Å². The fourth-order valence-electron chi connectivity index (χ4n) is 2.44. The van der Waals surface area contributed by atoms with Gasteiger partial charge in [-0.05, 0) is 25.1 Å². The third-order valence-electron chi connectivity index (χ3n) is 4.28. The van der Waals surface area contributed by atoms with E-state index < -0.39 is 0 Å². The van der Waals surface area contributed by atoms with Crippen molar-refractivity contribution in [3.63, 3.8) is 0 Å². The summed E-state index contributed by atoms with van der Waals surface area (Å²) in [6.07, 6.45) is 0.952. The van der Waals surface area contributed by atoms with Gasteiger partial charge in [-0.2, -0.15) is 0 Å². The minimum Gasteiger partial charge on any atom is -0.387 e. The number of hydrogen-bond acceptors (Lipinski definition) is 3. The molecule has 0 amide bonds. The van der Waals surface area contributed by atoms with E-state index in [0.717, 1.165) is 39.1 Å².